The van der Waals surface area contributed by atoms with Crippen LogP contribution >= 0.6 is 27.7 Å². The first-order valence-electron chi connectivity index (χ1n) is 10.0. The van der Waals surface area contributed by atoms with Crippen molar-refractivity contribution < 1.29 is 9.53 Å². The Hall–Kier alpha value is -2.88. The average Bonchev–Trinajstić information content (AvgIpc) is 2.83. The van der Waals surface area contributed by atoms with Gasteiger partial charge in [0.1, 0.15) is 5.03 Å². The molecule has 9 heteroatoms. The van der Waals surface area contributed by atoms with E-state index in [0.29, 0.717) is 11.6 Å². The third-order valence-corrected chi connectivity index (χ3v) is 6.59. The predicted molar refractivity (Wildman–Crippen MR) is 132 cm³/mol. The average molecular weight is 512 g/mol. The standard InChI is InChI=1S/C23H22BrN5O2S/c1-2-21(30)26-16-5-9-19(10-6-16)32-22-20(24)15-25-23(28-22)27-17-3-7-18(8-4-17)29-11-13-31-14-12-29/h2-10,15H,1,11-14H2,(H,26,30)(H,25,27,28). The van der Waals surface area contributed by atoms with E-state index >= 15 is 0 Å². The summed E-state index contributed by atoms with van der Waals surface area (Å²) in [5, 5.41) is 6.79. The van der Waals surface area contributed by atoms with Crippen molar-refractivity contribution in [3.8, 4) is 0 Å². The van der Waals surface area contributed by atoms with Crippen LogP contribution in [0.3, 0.4) is 0 Å². The van der Waals surface area contributed by atoms with Gasteiger partial charge < -0.3 is 20.3 Å². The minimum atomic E-state index is -0.238. The number of morpholine rings is 1. The first-order chi connectivity index (χ1) is 15.6. The number of aromatic nitrogens is 2. The molecule has 0 aliphatic carbocycles. The van der Waals surface area contributed by atoms with E-state index in [2.05, 4.69) is 60.1 Å². The zero-order valence-corrected chi connectivity index (χ0v) is 19.7. The van der Waals surface area contributed by atoms with E-state index in [-0.39, 0.29) is 5.91 Å². The molecule has 2 aromatic carbocycles. The maximum Gasteiger partial charge on any atom is 0.247 e. The van der Waals surface area contributed by atoms with Crippen molar-refractivity contribution in [3.05, 3.63) is 71.9 Å². The Kier molecular flexibility index (Phi) is 7.41. The number of hydrogen-bond donors (Lipinski definition) is 2. The van der Waals surface area contributed by atoms with E-state index in [9.17, 15) is 4.79 Å². The van der Waals surface area contributed by atoms with Crippen molar-refractivity contribution >= 4 is 56.6 Å². The molecule has 2 heterocycles. The Morgan fingerprint density at radius 2 is 1.78 bits per heavy atom. The molecule has 0 saturated carbocycles. The molecular formula is C23H22BrN5O2S. The summed E-state index contributed by atoms with van der Waals surface area (Å²) < 4.78 is 6.22. The summed E-state index contributed by atoms with van der Waals surface area (Å²) in [5.41, 5.74) is 2.81. The molecule has 4 rings (SSSR count). The highest BCUT2D eigenvalue weighted by atomic mass is 79.9. The lowest BCUT2D eigenvalue weighted by atomic mass is 10.2. The van der Waals surface area contributed by atoms with Gasteiger partial charge in [-0.15, -0.1) is 0 Å². The Morgan fingerprint density at radius 3 is 2.47 bits per heavy atom. The van der Waals surface area contributed by atoms with Gasteiger partial charge in [-0.3, -0.25) is 4.79 Å². The molecule has 0 atom stereocenters. The van der Waals surface area contributed by atoms with Gasteiger partial charge in [-0.05, 0) is 70.5 Å². The smallest absolute Gasteiger partial charge is 0.247 e. The second-order valence-corrected chi connectivity index (χ2v) is 8.85. The molecular weight excluding hydrogens is 490 g/mol. The summed E-state index contributed by atoms with van der Waals surface area (Å²) in [4.78, 5) is 23.7. The fourth-order valence-electron chi connectivity index (χ4n) is 3.10. The monoisotopic (exact) mass is 511 g/mol. The van der Waals surface area contributed by atoms with Crippen molar-refractivity contribution in [1.29, 1.82) is 0 Å². The van der Waals surface area contributed by atoms with E-state index in [0.717, 1.165) is 46.4 Å². The molecule has 3 aromatic rings. The van der Waals surface area contributed by atoms with Crippen LogP contribution in [0.4, 0.5) is 23.0 Å². The summed E-state index contributed by atoms with van der Waals surface area (Å²) in [6.07, 6.45) is 2.98. The van der Waals surface area contributed by atoms with Crippen molar-refractivity contribution in [2.24, 2.45) is 0 Å². The van der Waals surface area contributed by atoms with E-state index in [1.54, 1.807) is 6.20 Å². The third-order valence-electron chi connectivity index (χ3n) is 4.73. The highest BCUT2D eigenvalue weighted by Gasteiger charge is 2.12. The van der Waals surface area contributed by atoms with Crippen LogP contribution in [-0.4, -0.2) is 42.2 Å². The van der Waals surface area contributed by atoms with Crippen molar-refractivity contribution in [1.82, 2.24) is 9.97 Å². The molecule has 32 heavy (non-hydrogen) atoms. The van der Waals surface area contributed by atoms with Gasteiger partial charge in [0.05, 0.1) is 17.7 Å². The number of benzene rings is 2. The van der Waals surface area contributed by atoms with Crippen LogP contribution in [0.1, 0.15) is 0 Å². The second kappa shape index (κ2) is 10.6. The topological polar surface area (TPSA) is 79.4 Å². The Morgan fingerprint density at radius 1 is 1.09 bits per heavy atom. The zero-order valence-electron chi connectivity index (χ0n) is 17.3. The van der Waals surface area contributed by atoms with Gasteiger partial charge in [0.25, 0.3) is 0 Å². The molecule has 1 saturated heterocycles. The molecule has 1 amide bonds. The van der Waals surface area contributed by atoms with Crippen LogP contribution in [-0.2, 0) is 9.53 Å². The van der Waals surface area contributed by atoms with Crippen molar-refractivity contribution in [2.75, 3.05) is 41.8 Å². The Bertz CT molecular complexity index is 1090. The highest BCUT2D eigenvalue weighted by Crippen LogP contribution is 2.33. The van der Waals surface area contributed by atoms with E-state index in [4.69, 9.17) is 4.74 Å². The molecule has 2 N–H and O–H groups in total. The van der Waals surface area contributed by atoms with E-state index < -0.39 is 0 Å². The molecule has 1 fully saturated rings. The number of carbonyl (C=O) groups excluding carboxylic acids is 1. The maximum atomic E-state index is 11.4. The summed E-state index contributed by atoms with van der Waals surface area (Å²) in [6.45, 7) is 6.80. The molecule has 7 nitrogen and oxygen atoms in total. The maximum absolute atomic E-state index is 11.4. The lowest BCUT2D eigenvalue weighted by Gasteiger charge is -2.28. The fraction of sp³-hybridized carbons (Fsp3) is 0.174. The number of amides is 1. The van der Waals surface area contributed by atoms with Crippen LogP contribution in [0.2, 0.25) is 0 Å². The molecule has 0 spiro atoms. The quantitative estimate of drug-likeness (QED) is 0.337. The van der Waals surface area contributed by atoms with Gasteiger partial charge in [-0.2, -0.15) is 0 Å². The highest BCUT2D eigenvalue weighted by molar-refractivity contribution is 9.10. The minimum Gasteiger partial charge on any atom is -0.378 e. The van der Waals surface area contributed by atoms with E-state index in [1.807, 2.05) is 36.4 Å². The zero-order chi connectivity index (χ0) is 22.3. The van der Waals surface area contributed by atoms with Crippen LogP contribution in [0.25, 0.3) is 0 Å². The summed E-state index contributed by atoms with van der Waals surface area (Å²) >= 11 is 5.03. The van der Waals surface area contributed by atoms with Crippen molar-refractivity contribution in [3.63, 3.8) is 0 Å². The third kappa shape index (κ3) is 5.87. The predicted octanol–water partition coefficient (Wildman–Crippen LogP) is 5.10. The van der Waals surface area contributed by atoms with Crippen LogP contribution in [0, 0.1) is 0 Å². The Balaban J connectivity index is 1.42. The summed E-state index contributed by atoms with van der Waals surface area (Å²) in [7, 11) is 0. The normalized spacial score (nSPS) is 13.5. The largest absolute Gasteiger partial charge is 0.378 e. The summed E-state index contributed by atoms with van der Waals surface area (Å²) in [5.74, 6) is 0.280. The van der Waals surface area contributed by atoms with Gasteiger partial charge in [0.15, 0.2) is 0 Å². The van der Waals surface area contributed by atoms with E-state index in [1.165, 1.54) is 23.5 Å². The first-order valence-corrected chi connectivity index (χ1v) is 11.7. The molecule has 1 aliphatic heterocycles. The van der Waals surface area contributed by atoms with Gasteiger partial charge >= 0.3 is 0 Å². The Labute approximate surface area is 199 Å². The van der Waals surface area contributed by atoms with Crippen LogP contribution in [0.5, 0.6) is 0 Å². The number of nitrogens with zero attached hydrogens (tertiary/aromatic N) is 3. The number of rotatable bonds is 7. The second-order valence-electron chi connectivity index (χ2n) is 6.94. The molecule has 1 aliphatic rings. The number of ether oxygens (including phenoxy) is 1. The van der Waals surface area contributed by atoms with Gasteiger partial charge in [0, 0.05) is 41.2 Å². The number of nitrogens with one attached hydrogen (secondary N) is 2. The van der Waals surface area contributed by atoms with Crippen LogP contribution < -0.4 is 15.5 Å². The van der Waals surface area contributed by atoms with Crippen molar-refractivity contribution in [2.45, 2.75) is 9.92 Å². The lowest BCUT2D eigenvalue weighted by molar-refractivity contribution is -0.111. The molecule has 1 aromatic heterocycles. The first kappa shape index (κ1) is 22.3. The lowest BCUT2D eigenvalue weighted by Crippen LogP contribution is -2.36. The number of anilines is 4. The minimum absolute atomic E-state index is 0.238. The SMILES string of the molecule is C=CC(=O)Nc1ccc(Sc2nc(Nc3ccc(N4CCOCC4)cc3)ncc2Br)cc1. The van der Waals surface area contributed by atoms with Gasteiger partial charge in [-0.1, -0.05) is 18.3 Å². The number of carbonyl (C=O) groups is 1. The van der Waals surface area contributed by atoms with Gasteiger partial charge in [0.2, 0.25) is 11.9 Å². The summed E-state index contributed by atoms with van der Waals surface area (Å²) in [6, 6.07) is 15.8. The number of hydrogen-bond acceptors (Lipinski definition) is 7. The fourth-order valence-corrected chi connectivity index (χ4v) is 4.31. The molecule has 0 radical (unpaired) electrons. The number of halogens is 1. The molecule has 0 bridgehead atoms. The van der Waals surface area contributed by atoms with Gasteiger partial charge in [-0.25, -0.2) is 9.97 Å². The molecule has 0 unspecified atom stereocenters. The van der Waals surface area contributed by atoms with Crippen LogP contribution in [0.15, 0.2) is 81.8 Å². The molecule has 164 valence electrons.